The number of amides is 1. The van der Waals surface area contributed by atoms with Gasteiger partial charge in [-0.1, -0.05) is 36.4 Å². The normalized spacial score (nSPS) is 34.3. The number of nitrogens with zero attached hydrogens (tertiary/aromatic N) is 1. The lowest BCUT2D eigenvalue weighted by molar-refractivity contribution is -0.118. The predicted molar refractivity (Wildman–Crippen MR) is 148 cm³/mol. The van der Waals surface area contributed by atoms with E-state index in [9.17, 15) is 4.79 Å². The van der Waals surface area contributed by atoms with Crippen LogP contribution >= 0.6 is 0 Å². The zero-order valence-corrected chi connectivity index (χ0v) is 22.1. The summed E-state index contributed by atoms with van der Waals surface area (Å²) in [6.07, 6.45) is 9.04. The summed E-state index contributed by atoms with van der Waals surface area (Å²) >= 11 is 0. The number of anilines is 1. The highest BCUT2D eigenvalue weighted by Crippen LogP contribution is 2.65. The van der Waals surface area contributed by atoms with Crippen molar-refractivity contribution in [1.82, 2.24) is 15.8 Å². The summed E-state index contributed by atoms with van der Waals surface area (Å²) in [7, 11) is 1.69. The highest BCUT2D eigenvalue weighted by atomic mass is 16.5. The van der Waals surface area contributed by atoms with Gasteiger partial charge < -0.3 is 14.8 Å². The second kappa shape index (κ2) is 9.79. The molecule has 5 unspecified atom stereocenters. The highest BCUT2D eigenvalue weighted by Gasteiger charge is 2.67. The van der Waals surface area contributed by atoms with Gasteiger partial charge in [0.2, 0.25) is 5.91 Å². The van der Waals surface area contributed by atoms with E-state index >= 15 is 0 Å². The van der Waals surface area contributed by atoms with Crippen LogP contribution in [-0.4, -0.2) is 56.3 Å². The van der Waals surface area contributed by atoms with Gasteiger partial charge in [0, 0.05) is 37.4 Å². The fourth-order valence-corrected chi connectivity index (χ4v) is 7.57. The number of fused-ring (bicyclic) bond motifs is 3. The average molecular weight is 515 g/mol. The molecule has 2 saturated carbocycles. The van der Waals surface area contributed by atoms with E-state index in [0.717, 1.165) is 62.7 Å². The number of hydrazine groups is 1. The van der Waals surface area contributed by atoms with Crippen LogP contribution in [0.4, 0.5) is 5.69 Å². The Balaban J connectivity index is 0.965. The number of nitrogens with one attached hydrogen (secondary N) is 3. The van der Waals surface area contributed by atoms with Crippen LogP contribution in [0.1, 0.15) is 42.4 Å². The second-order valence-electron chi connectivity index (χ2n) is 11.8. The first-order valence-corrected chi connectivity index (χ1v) is 14.2. The summed E-state index contributed by atoms with van der Waals surface area (Å²) in [6.45, 7) is 4.71. The quantitative estimate of drug-likeness (QED) is 0.546. The van der Waals surface area contributed by atoms with Crippen LogP contribution in [0.15, 0.2) is 48.5 Å². The molecule has 3 aliphatic heterocycles. The summed E-state index contributed by atoms with van der Waals surface area (Å²) < 4.78 is 10.9. The van der Waals surface area contributed by atoms with Crippen LogP contribution in [0.2, 0.25) is 0 Å². The van der Waals surface area contributed by atoms with Crippen LogP contribution in [0.3, 0.4) is 0 Å². The van der Waals surface area contributed by atoms with Gasteiger partial charge in [-0.15, -0.1) is 0 Å². The fourth-order valence-electron chi connectivity index (χ4n) is 7.57. The van der Waals surface area contributed by atoms with Crippen LogP contribution in [0, 0.1) is 17.8 Å². The molecule has 1 amide bonds. The largest absolute Gasteiger partial charge is 0.497 e. The SMILES string of the molecule is COc1ccc2c(c1)[C@]1(CC1C1CCC3C(/C=C/c4ccc(CN5CCOCC5)cc4)NNC3C1)C(=O)N2. The topological polar surface area (TPSA) is 74.9 Å². The zero-order chi connectivity index (χ0) is 25.7. The van der Waals surface area contributed by atoms with Crippen molar-refractivity contribution < 1.29 is 14.3 Å². The van der Waals surface area contributed by atoms with E-state index in [-0.39, 0.29) is 11.3 Å². The first kappa shape index (κ1) is 24.3. The standard InChI is InChI=1S/C31H38N4O3/c1-37-23-8-11-28-25(17-23)31(30(36)32-28)18-26(31)22-7-9-24-27(33-34-29(24)16-22)10-6-20-2-4-21(5-3-20)19-35-12-14-38-15-13-35/h2-6,8,10-11,17,22,24,26-27,29,33-34H,7,9,12-16,18-19H2,1H3,(H,32,36)/b10-6+/t22?,24?,26?,27?,29?,31-/m0/s1. The van der Waals surface area contributed by atoms with E-state index < -0.39 is 0 Å². The maximum atomic E-state index is 13.1. The molecule has 5 aliphatic rings. The minimum Gasteiger partial charge on any atom is -0.497 e. The number of hydrogen-bond acceptors (Lipinski definition) is 6. The van der Waals surface area contributed by atoms with Gasteiger partial charge in [-0.25, -0.2) is 0 Å². The van der Waals surface area contributed by atoms with Gasteiger partial charge in [-0.3, -0.25) is 20.5 Å². The summed E-state index contributed by atoms with van der Waals surface area (Å²) in [5.41, 5.74) is 11.5. The molecule has 200 valence electrons. The molecule has 7 nitrogen and oxygen atoms in total. The number of methoxy groups -OCH3 is 1. The lowest BCUT2D eigenvalue weighted by atomic mass is 9.73. The molecule has 7 heteroatoms. The van der Waals surface area contributed by atoms with Crippen LogP contribution < -0.4 is 20.9 Å². The van der Waals surface area contributed by atoms with Crippen molar-refractivity contribution in [2.24, 2.45) is 17.8 Å². The Bertz CT molecular complexity index is 1220. The van der Waals surface area contributed by atoms with E-state index in [0.29, 0.717) is 29.8 Å². The number of morpholine rings is 1. The molecule has 2 aromatic rings. The van der Waals surface area contributed by atoms with Crippen molar-refractivity contribution in [1.29, 1.82) is 0 Å². The van der Waals surface area contributed by atoms with E-state index in [1.165, 1.54) is 24.0 Å². The molecule has 4 fully saturated rings. The lowest BCUT2D eigenvalue weighted by Crippen LogP contribution is -2.37. The lowest BCUT2D eigenvalue weighted by Gasteiger charge is -2.33. The third-order valence-corrected chi connectivity index (χ3v) is 9.77. The molecular weight excluding hydrogens is 476 g/mol. The van der Waals surface area contributed by atoms with E-state index in [1.54, 1.807) is 7.11 Å². The Morgan fingerprint density at radius 3 is 2.76 bits per heavy atom. The van der Waals surface area contributed by atoms with Crippen molar-refractivity contribution in [2.45, 2.75) is 49.7 Å². The smallest absolute Gasteiger partial charge is 0.235 e. The molecule has 2 saturated heterocycles. The molecule has 1 spiro atoms. The highest BCUT2D eigenvalue weighted by molar-refractivity contribution is 6.09. The monoisotopic (exact) mass is 514 g/mol. The van der Waals surface area contributed by atoms with Crippen LogP contribution in [0.25, 0.3) is 6.08 Å². The molecule has 7 rings (SSSR count). The molecule has 2 aliphatic carbocycles. The minimum absolute atomic E-state index is 0.183. The molecule has 3 N–H and O–H groups in total. The number of hydrogen-bond donors (Lipinski definition) is 3. The Labute approximate surface area is 224 Å². The Hall–Kier alpha value is -2.71. The number of rotatable bonds is 6. The van der Waals surface area contributed by atoms with Crippen molar-refractivity contribution in [3.63, 3.8) is 0 Å². The van der Waals surface area contributed by atoms with Gasteiger partial charge in [0.05, 0.1) is 25.7 Å². The molecule has 6 atom stereocenters. The first-order valence-electron chi connectivity index (χ1n) is 14.2. The van der Waals surface area contributed by atoms with Gasteiger partial charge in [-0.2, -0.15) is 0 Å². The average Bonchev–Trinajstić information content (AvgIpc) is 3.50. The Morgan fingerprint density at radius 2 is 1.95 bits per heavy atom. The molecule has 3 heterocycles. The summed E-state index contributed by atoms with van der Waals surface area (Å²) in [5, 5.41) is 3.14. The summed E-state index contributed by atoms with van der Waals surface area (Å²) in [4.78, 5) is 15.5. The summed E-state index contributed by atoms with van der Waals surface area (Å²) in [6, 6.07) is 15.7. The van der Waals surface area contributed by atoms with E-state index in [4.69, 9.17) is 9.47 Å². The van der Waals surface area contributed by atoms with Crippen molar-refractivity contribution in [2.75, 3.05) is 38.7 Å². The molecule has 2 aromatic carbocycles. The number of benzene rings is 2. The number of ether oxygens (including phenoxy) is 2. The Kier molecular flexibility index (Phi) is 6.27. The maximum absolute atomic E-state index is 13.1. The molecule has 0 radical (unpaired) electrons. The van der Waals surface area contributed by atoms with Crippen LogP contribution in [-0.2, 0) is 21.5 Å². The van der Waals surface area contributed by atoms with Gasteiger partial charge in [0.15, 0.2) is 0 Å². The van der Waals surface area contributed by atoms with Crippen molar-refractivity contribution >= 4 is 17.7 Å². The van der Waals surface area contributed by atoms with Gasteiger partial charge >= 0.3 is 0 Å². The van der Waals surface area contributed by atoms with Gasteiger partial charge in [-0.05, 0) is 78.3 Å². The van der Waals surface area contributed by atoms with E-state index in [2.05, 4.69) is 63.6 Å². The van der Waals surface area contributed by atoms with Crippen molar-refractivity contribution in [3.05, 3.63) is 65.2 Å². The molecular formula is C31H38N4O3. The van der Waals surface area contributed by atoms with Crippen molar-refractivity contribution in [3.8, 4) is 5.75 Å². The number of carbonyl (C=O) groups is 1. The minimum atomic E-state index is -0.347. The fraction of sp³-hybridized carbons (Fsp3) is 0.516. The van der Waals surface area contributed by atoms with E-state index in [1.807, 2.05) is 12.1 Å². The van der Waals surface area contributed by atoms with Gasteiger partial charge in [0.1, 0.15) is 5.75 Å². The third-order valence-electron chi connectivity index (χ3n) is 9.77. The molecule has 38 heavy (non-hydrogen) atoms. The predicted octanol–water partition coefficient (Wildman–Crippen LogP) is 3.71. The second-order valence-corrected chi connectivity index (χ2v) is 11.8. The number of carbonyl (C=O) groups excluding carboxylic acids is 1. The third kappa shape index (κ3) is 4.26. The zero-order valence-electron chi connectivity index (χ0n) is 22.1. The molecule has 0 aromatic heterocycles. The Morgan fingerprint density at radius 1 is 1.11 bits per heavy atom. The summed E-state index contributed by atoms with van der Waals surface area (Å²) in [5.74, 6) is 2.58. The first-order chi connectivity index (χ1) is 18.6. The maximum Gasteiger partial charge on any atom is 0.235 e. The van der Waals surface area contributed by atoms with Gasteiger partial charge in [0.25, 0.3) is 0 Å². The molecule has 0 bridgehead atoms. The van der Waals surface area contributed by atoms with Crippen LogP contribution in [0.5, 0.6) is 5.75 Å².